The average molecular weight is 243 g/mol. The molecule has 1 heterocycles. The normalized spacial score (nSPS) is 20.1. The molecule has 1 aliphatic heterocycles. The van der Waals surface area contributed by atoms with Crippen molar-refractivity contribution in [1.29, 1.82) is 0 Å². The second-order valence-electron chi connectivity index (χ2n) is 4.35. The number of hydrogen-bond acceptors (Lipinski definition) is 5. The van der Waals surface area contributed by atoms with Crippen LogP contribution >= 0.6 is 0 Å². The Bertz CT molecular complexity index is 282. The van der Waals surface area contributed by atoms with Crippen LogP contribution in [0.4, 0.5) is 0 Å². The van der Waals surface area contributed by atoms with Crippen LogP contribution in [0.15, 0.2) is 11.6 Å². The summed E-state index contributed by atoms with van der Waals surface area (Å²) in [5, 5.41) is 13.3. The van der Waals surface area contributed by atoms with E-state index in [4.69, 9.17) is 4.74 Å². The summed E-state index contributed by atoms with van der Waals surface area (Å²) in [6, 6.07) is 0. The van der Waals surface area contributed by atoms with Crippen molar-refractivity contribution in [3.63, 3.8) is 0 Å². The number of rotatable bonds is 5. The Morgan fingerprint density at radius 2 is 2.18 bits per heavy atom. The highest BCUT2D eigenvalue weighted by molar-refractivity contribution is 5.87. The van der Waals surface area contributed by atoms with E-state index in [2.05, 4.69) is 10.1 Å². The fraction of sp³-hybridized carbons (Fsp3) is 0.750. The van der Waals surface area contributed by atoms with E-state index < -0.39 is 5.60 Å². The maximum atomic E-state index is 11.1. The van der Waals surface area contributed by atoms with Gasteiger partial charge in [-0.25, -0.2) is 4.79 Å². The summed E-state index contributed by atoms with van der Waals surface area (Å²) in [6.45, 7) is 3.98. The Morgan fingerprint density at radius 3 is 2.76 bits per heavy atom. The van der Waals surface area contributed by atoms with Crippen molar-refractivity contribution in [2.75, 3.05) is 33.4 Å². The average Bonchev–Trinajstić information content (AvgIpc) is 2.34. The van der Waals surface area contributed by atoms with Crippen molar-refractivity contribution in [3.05, 3.63) is 11.6 Å². The number of carbonyl (C=O) groups excluding carboxylic acids is 1. The van der Waals surface area contributed by atoms with E-state index in [1.54, 1.807) is 13.0 Å². The highest BCUT2D eigenvalue weighted by Crippen LogP contribution is 2.18. The van der Waals surface area contributed by atoms with Crippen LogP contribution in [0.5, 0.6) is 0 Å². The smallest absolute Gasteiger partial charge is 0.333 e. The highest BCUT2D eigenvalue weighted by Gasteiger charge is 2.28. The number of aliphatic hydroxyl groups is 1. The standard InChI is InChI=1S/C12H21NO4/c1-10(11(14)16-2)3-6-13-9-12(15)4-7-17-8-5-12/h3,13,15H,4-9H2,1-2H3. The van der Waals surface area contributed by atoms with Crippen LogP contribution in [0.25, 0.3) is 0 Å². The lowest BCUT2D eigenvalue weighted by Gasteiger charge is -2.32. The predicted molar refractivity (Wildman–Crippen MR) is 63.6 cm³/mol. The lowest BCUT2D eigenvalue weighted by Crippen LogP contribution is -2.45. The van der Waals surface area contributed by atoms with Crippen molar-refractivity contribution in [1.82, 2.24) is 5.32 Å². The molecule has 2 N–H and O–H groups in total. The Hall–Kier alpha value is -0.910. The molecule has 0 saturated carbocycles. The SMILES string of the molecule is COC(=O)C(C)=CCNCC1(O)CCOCC1. The zero-order chi connectivity index (χ0) is 12.7. The summed E-state index contributed by atoms with van der Waals surface area (Å²) in [5.74, 6) is -0.323. The third-order valence-electron chi connectivity index (χ3n) is 2.94. The monoisotopic (exact) mass is 243 g/mol. The van der Waals surface area contributed by atoms with Gasteiger partial charge in [0.05, 0.1) is 12.7 Å². The molecule has 0 aliphatic carbocycles. The second kappa shape index (κ2) is 6.74. The molecule has 1 saturated heterocycles. The molecule has 1 fully saturated rings. The molecule has 0 atom stereocenters. The maximum Gasteiger partial charge on any atom is 0.333 e. The van der Waals surface area contributed by atoms with Crippen molar-refractivity contribution >= 4 is 5.97 Å². The minimum Gasteiger partial charge on any atom is -0.466 e. The first-order chi connectivity index (χ1) is 8.07. The van der Waals surface area contributed by atoms with Crippen LogP contribution < -0.4 is 5.32 Å². The highest BCUT2D eigenvalue weighted by atomic mass is 16.5. The van der Waals surface area contributed by atoms with Crippen molar-refractivity contribution in [3.8, 4) is 0 Å². The number of esters is 1. The molecule has 0 aromatic heterocycles. The summed E-state index contributed by atoms with van der Waals surface area (Å²) < 4.78 is 9.77. The van der Waals surface area contributed by atoms with Gasteiger partial charge in [-0.15, -0.1) is 0 Å². The molecule has 0 bridgehead atoms. The van der Waals surface area contributed by atoms with Gasteiger partial charge in [0.2, 0.25) is 0 Å². The minimum atomic E-state index is -0.675. The first kappa shape index (κ1) is 14.2. The fourth-order valence-corrected chi connectivity index (χ4v) is 1.70. The third kappa shape index (κ3) is 4.85. The van der Waals surface area contributed by atoms with Gasteiger partial charge in [-0.05, 0) is 6.92 Å². The summed E-state index contributed by atoms with van der Waals surface area (Å²) in [6.07, 6.45) is 3.06. The maximum absolute atomic E-state index is 11.1. The number of carbonyl (C=O) groups is 1. The zero-order valence-corrected chi connectivity index (χ0v) is 10.5. The fourth-order valence-electron chi connectivity index (χ4n) is 1.70. The van der Waals surface area contributed by atoms with Crippen molar-refractivity contribution in [2.45, 2.75) is 25.4 Å². The van der Waals surface area contributed by atoms with Crippen molar-refractivity contribution < 1.29 is 19.4 Å². The Labute approximate surface area is 102 Å². The zero-order valence-electron chi connectivity index (χ0n) is 10.5. The number of nitrogens with one attached hydrogen (secondary N) is 1. The number of hydrogen-bond donors (Lipinski definition) is 2. The molecule has 0 aromatic rings. The lowest BCUT2D eigenvalue weighted by atomic mass is 9.94. The summed E-state index contributed by atoms with van der Waals surface area (Å²) >= 11 is 0. The van der Waals surface area contributed by atoms with Gasteiger partial charge < -0.3 is 19.9 Å². The van der Waals surface area contributed by atoms with E-state index in [1.807, 2.05) is 0 Å². The van der Waals surface area contributed by atoms with Gasteiger partial charge in [0.1, 0.15) is 0 Å². The van der Waals surface area contributed by atoms with Gasteiger partial charge in [0, 0.05) is 44.7 Å². The van der Waals surface area contributed by atoms with Gasteiger partial charge in [-0.2, -0.15) is 0 Å². The van der Waals surface area contributed by atoms with Crippen molar-refractivity contribution in [2.24, 2.45) is 0 Å². The first-order valence-electron chi connectivity index (χ1n) is 5.83. The van der Waals surface area contributed by atoms with E-state index in [0.717, 1.165) is 0 Å². The topological polar surface area (TPSA) is 67.8 Å². The van der Waals surface area contributed by atoms with Crippen LogP contribution in [-0.2, 0) is 14.3 Å². The minimum absolute atomic E-state index is 0.323. The quantitative estimate of drug-likeness (QED) is 0.411. The lowest BCUT2D eigenvalue weighted by molar-refractivity contribution is -0.136. The van der Waals surface area contributed by atoms with Gasteiger partial charge in [0.15, 0.2) is 0 Å². The molecule has 0 aromatic carbocycles. The molecule has 0 spiro atoms. The third-order valence-corrected chi connectivity index (χ3v) is 2.94. The van der Waals surface area contributed by atoms with Crippen LogP contribution in [0.3, 0.4) is 0 Å². The van der Waals surface area contributed by atoms with Crippen LogP contribution in [0, 0.1) is 0 Å². The van der Waals surface area contributed by atoms with Gasteiger partial charge in [-0.3, -0.25) is 0 Å². The Balaban J connectivity index is 2.25. The van der Waals surface area contributed by atoms with E-state index in [0.29, 0.717) is 44.7 Å². The van der Waals surface area contributed by atoms with Crippen LogP contribution in [0.1, 0.15) is 19.8 Å². The molecule has 0 amide bonds. The van der Waals surface area contributed by atoms with E-state index in [-0.39, 0.29) is 5.97 Å². The number of methoxy groups -OCH3 is 1. The Morgan fingerprint density at radius 1 is 1.53 bits per heavy atom. The van der Waals surface area contributed by atoms with Gasteiger partial charge in [0.25, 0.3) is 0 Å². The van der Waals surface area contributed by atoms with Crippen LogP contribution in [-0.4, -0.2) is 50.1 Å². The summed E-state index contributed by atoms with van der Waals surface area (Å²) in [7, 11) is 1.36. The molecule has 17 heavy (non-hydrogen) atoms. The van der Waals surface area contributed by atoms with E-state index >= 15 is 0 Å². The molecule has 0 unspecified atom stereocenters. The van der Waals surface area contributed by atoms with Crippen LogP contribution in [0.2, 0.25) is 0 Å². The first-order valence-corrected chi connectivity index (χ1v) is 5.83. The second-order valence-corrected chi connectivity index (χ2v) is 4.35. The van der Waals surface area contributed by atoms with Gasteiger partial charge in [-0.1, -0.05) is 6.08 Å². The molecule has 1 rings (SSSR count). The molecule has 5 heteroatoms. The molecule has 0 radical (unpaired) electrons. The van der Waals surface area contributed by atoms with E-state index in [1.165, 1.54) is 7.11 Å². The molecule has 5 nitrogen and oxygen atoms in total. The molecule has 1 aliphatic rings. The van der Waals surface area contributed by atoms with Gasteiger partial charge >= 0.3 is 5.97 Å². The molecular weight excluding hydrogens is 222 g/mol. The molecule has 98 valence electrons. The largest absolute Gasteiger partial charge is 0.466 e. The summed E-state index contributed by atoms with van der Waals surface area (Å²) in [5.41, 5.74) is -0.107. The predicted octanol–water partition coefficient (Wildman–Crippen LogP) is 0.237. The Kier molecular flexibility index (Phi) is 5.61. The number of ether oxygens (including phenoxy) is 2. The van der Waals surface area contributed by atoms with E-state index in [9.17, 15) is 9.90 Å². The summed E-state index contributed by atoms with van der Waals surface area (Å²) in [4.78, 5) is 11.1. The molecular formula is C12H21NO4.